The third-order valence-corrected chi connectivity index (χ3v) is 7.52. The van der Waals surface area contributed by atoms with Gasteiger partial charge in [0, 0.05) is 24.2 Å². The molecule has 0 unspecified atom stereocenters. The molecule has 0 spiro atoms. The molecule has 0 radical (unpaired) electrons. The first-order chi connectivity index (χ1) is 10.8. The standard InChI is InChI=1S/C18H26N2O2S/c1-5-14-8-10-20(11-9-14)23(21,22)15-6-7-17-16(12-15)18(3,4)13(2)19-17/h6-7,12,14H,5,8-11H2,1-4H3. The van der Waals surface area contributed by atoms with Crippen LogP contribution in [0.2, 0.25) is 0 Å². The highest BCUT2D eigenvalue weighted by molar-refractivity contribution is 7.89. The van der Waals surface area contributed by atoms with Crippen LogP contribution in [-0.2, 0) is 15.4 Å². The van der Waals surface area contributed by atoms with Gasteiger partial charge in [0.25, 0.3) is 0 Å². The number of rotatable bonds is 3. The number of nitrogens with zero attached hydrogens (tertiary/aromatic N) is 2. The monoisotopic (exact) mass is 334 g/mol. The topological polar surface area (TPSA) is 49.7 Å². The maximum Gasteiger partial charge on any atom is 0.243 e. The molecule has 0 aliphatic carbocycles. The van der Waals surface area contributed by atoms with Crippen LogP contribution in [0, 0.1) is 5.92 Å². The van der Waals surface area contributed by atoms with Crippen molar-refractivity contribution >= 4 is 21.4 Å². The normalized spacial score (nSPS) is 22.0. The summed E-state index contributed by atoms with van der Waals surface area (Å²) in [5.41, 5.74) is 2.75. The summed E-state index contributed by atoms with van der Waals surface area (Å²) >= 11 is 0. The molecule has 0 amide bonds. The molecule has 1 fully saturated rings. The highest BCUT2D eigenvalue weighted by Gasteiger charge is 2.35. The molecule has 126 valence electrons. The van der Waals surface area contributed by atoms with Gasteiger partial charge in [0.15, 0.2) is 0 Å². The van der Waals surface area contributed by atoms with E-state index in [1.165, 1.54) is 0 Å². The van der Waals surface area contributed by atoms with Crippen LogP contribution in [0.4, 0.5) is 5.69 Å². The number of aliphatic imine (C=N–C) groups is 1. The van der Waals surface area contributed by atoms with Gasteiger partial charge in [0.05, 0.1) is 10.6 Å². The molecular formula is C18H26N2O2S. The Morgan fingerprint density at radius 3 is 2.52 bits per heavy atom. The molecular weight excluding hydrogens is 308 g/mol. The number of fused-ring (bicyclic) bond motifs is 1. The van der Waals surface area contributed by atoms with E-state index >= 15 is 0 Å². The van der Waals surface area contributed by atoms with Gasteiger partial charge >= 0.3 is 0 Å². The van der Waals surface area contributed by atoms with Gasteiger partial charge < -0.3 is 0 Å². The maximum absolute atomic E-state index is 13.0. The maximum atomic E-state index is 13.0. The minimum atomic E-state index is -3.40. The van der Waals surface area contributed by atoms with E-state index in [4.69, 9.17) is 0 Å². The van der Waals surface area contributed by atoms with Crippen LogP contribution < -0.4 is 0 Å². The minimum absolute atomic E-state index is 0.198. The molecule has 23 heavy (non-hydrogen) atoms. The molecule has 1 aromatic rings. The van der Waals surface area contributed by atoms with Gasteiger partial charge in [-0.15, -0.1) is 0 Å². The first kappa shape index (κ1) is 16.7. The van der Waals surface area contributed by atoms with Crippen LogP contribution in [0.5, 0.6) is 0 Å². The Kier molecular flexibility index (Phi) is 4.13. The van der Waals surface area contributed by atoms with Crippen molar-refractivity contribution in [2.45, 2.75) is 57.3 Å². The molecule has 0 aromatic heterocycles. The smallest absolute Gasteiger partial charge is 0.243 e. The molecule has 0 N–H and O–H groups in total. The fourth-order valence-corrected chi connectivity index (χ4v) is 4.99. The number of piperidine rings is 1. The van der Waals surface area contributed by atoms with Crippen molar-refractivity contribution in [1.29, 1.82) is 0 Å². The fourth-order valence-electron chi connectivity index (χ4n) is 3.50. The second kappa shape index (κ2) is 5.71. The second-order valence-corrected chi connectivity index (χ2v) is 9.19. The molecule has 2 aliphatic rings. The molecule has 0 atom stereocenters. The Morgan fingerprint density at radius 2 is 1.91 bits per heavy atom. The molecule has 2 aliphatic heterocycles. The zero-order valence-corrected chi connectivity index (χ0v) is 15.3. The van der Waals surface area contributed by atoms with Crippen LogP contribution in [0.1, 0.15) is 52.5 Å². The third-order valence-electron chi connectivity index (χ3n) is 5.62. The van der Waals surface area contributed by atoms with E-state index < -0.39 is 10.0 Å². The van der Waals surface area contributed by atoms with Gasteiger partial charge in [-0.1, -0.05) is 27.2 Å². The van der Waals surface area contributed by atoms with E-state index in [0.717, 1.165) is 36.2 Å². The second-order valence-electron chi connectivity index (χ2n) is 7.26. The van der Waals surface area contributed by atoms with Crippen molar-refractivity contribution < 1.29 is 8.42 Å². The zero-order valence-electron chi connectivity index (χ0n) is 14.5. The van der Waals surface area contributed by atoms with E-state index in [2.05, 4.69) is 25.8 Å². The molecule has 1 aromatic carbocycles. The number of hydrogen-bond donors (Lipinski definition) is 0. The summed E-state index contributed by atoms with van der Waals surface area (Å²) in [6, 6.07) is 5.38. The first-order valence-corrected chi connectivity index (χ1v) is 9.91. The molecule has 4 nitrogen and oxygen atoms in total. The van der Waals surface area contributed by atoms with E-state index in [9.17, 15) is 8.42 Å². The van der Waals surface area contributed by atoms with Crippen LogP contribution in [0.3, 0.4) is 0 Å². The Hall–Kier alpha value is -1.20. The van der Waals surface area contributed by atoms with Gasteiger partial charge in [-0.2, -0.15) is 4.31 Å². The highest BCUT2D eigenvalue weighted by atomic mass is 32.2. The highest BCUT2D eigenvalue weighted by Crippen LogP contribution is 2.41. The van der Waals surface area contributed by atoms with Gasteiger partial charge in [-0.3, -0.25) is 4.99 Å². The third kappa shape index (κ3) is 2.74. The van der Waals surface area contributed by atoms with Gasteiger partial charge in [0.2, 0.25) is 10.0 Å². The van der Waals surface area contributed by atoms with Crippen molar-refractivity contribution in [2.24, 2.45) is 10.9 Å². The molecule has 3 rings (SSSR count). The lowest BCUT2D eigenvalue weighted by molar-refractivity contribution is 0.269. The van der Waals surface area contributed by atoms with Crippen molar-refractivity contribution in [3.05, 3.63) is 23.8 Å². The summed E-state index contributed by atoms with van der Waals surface area (Å²) in [5.74, 6) is 0.663. The summed E-state index contributed by atoms with van der Waals surface area (Å²) in [5, 5.41) is 0. The predicted octanol–water partition coefficient (Wildman–Crippen LogP) is 3.88. The Balaban J connectivity index is 1.90. The lowest BCUT2D eigenvalue weighted by Crippen LogP contribution is -2.38. The van der Waals surface area contributed by atoms with E-state index in [1.54, 1.807) is 10.4 Å². The number of sulfonamides is 1. The van der Waals surface area contributed by atoms with Crippen molar-refractivity contribution in [3.63, 3.8) is 0 Å². The largest absolute Gasteiger partial charge is 0.257 e. The van der Waals surface area contributed by atoms with E-state index in [0.29, 0.717) is 23.9 Å². The Morgan fingerprint density at radius 1 is 1.26 bits per heavy atom. The van der Waals surface area contributed by atoms with Gasteiger partial charge in [-0.25, -0.2) is 8.42 Å². The molecule has 2 heterocycles. The Labute approximate surface area is 139 Å². The molecule has 0 bridgehead atoms. The number of hydrogen-bond acceptors (Lipinski definition) is 3. The molecule has 0 saturated carbocycles. The summed E-state index contributed by atoms with van der Waals surface area (Å²) in [6.45, 7) is 9.65. The van der Waals surface area contributed by atoms with Crippen LogP contribution >= 0.6 is 0 Å². The lowest BCUT2D eigenvalue weighted by atomic mass is 9.82. The first-order valence-electron chi connectivity index (χ1n) is 8.47. The number of benzene rings is 1. The molecule has 5 heteroatoms. The summed E-state index contributed by atoms with van der Waals surface area (Å²) in [4.78, 5) is 4.98. The average molecular weight is 334 g/mol. The van der Waals surface area contributed by atoms with Gasteiger partial charge in [0.1, 0.15) is 0 Å². The quantitative estimate of drug-likeness (QED) is 0.842. The van der Waals surface area contributed by atoms with Crippen molar-refractivity contribution in [2.75, 3.05) is 13.1 Å². The van der Waals surface area contributed by atoms with Crippen molar-refractivity contribution in [1.82, 2.24) is 4.31 Å². The summed E-state index contributed by atoms with van der Waals surface area (Å²) < 4.78 is 27.6. The van der Waals surface area contributed by atoms with Crippen LogP contribution in [-0.4, -0.2) is 31.5 Å². The summed E-state index contributed by atoms with van der Waals surface area (Å²) in [7, 11) is -3.40. The van der Waals surface area contributed by atoms with Crippen molar-refractivity contribution in [3.8, 4) is 0 Å². The molecule has 1 saturated heterocycles. The minimum Gasteiger partial charge on any atom is -0.257 e. The SMILES string of the molecule is CCC1CCN(S(=O)(=O)c2ccc3c(c2)C(C)(C)C(C)=N3)CC1. The zero-order chi connectivity index (χ0) is 16.8. The van der Waals surface area contributed by atoms with E-state index in [-0.39, 0.29) is 5.41 Å². The van der Waals surface area contributed by atoms with Crippen LogP contribution in [0.15, 0.2) is 28.1 Å². The van der Waals surface area contributed by atoms with Gasteiger partial charge in [-0.05, 0) is 49.4 Å². The van der Waals surface area contributed by atoms with E-state index in [1.807, 2.05) is 19.1 Å². The lowest BCUT2D eigenvalue weighted by Gasteiger charge is -2.31. The van der Waals surface area contributed by atoms with Crippen LogP contribution in [0.25, 0.3) is 0 Å². The Bertz CT molecular complexity index is 742. The summed E-state index contributed by atoms with van der Waals surface area (Å²) in [6.07, 6.45) is 3.07. The average Bonchev–Trinajstić information content (AvgIpc) is 2.77. The predicted molar refractivity (Wildman–Crippen MR) is 94.0 cm³/mol. The fraction of sp³-hybridized carbons (Fsp3) is 0.611.